The quantitative estimate of drug-likeness (QED) is 0.752. The summed E-state index contributed by atoms with van der Waals surface area (Å²) in [6, 6.07) is 8.37. The van der Waals surface area contributed by atoms with Crippen LogP contribution in [0.1, 0.15) is 17.7 Å². The van der Waals surface area contributed by atoms with Crippen LogP contribution < -0.4 is 0 Å². The summed E-state index contributed by atoms with van der Waals surface area (Å²) in [5.41, 5.74) is -0.213. The molecule has 0 aliphatic rings. The van der Waals surface area contributed by atoms with Gasteiger partial charge in [0.25, 0.3) is 0 Å². The molecule has 0 aromatic heterocycles. The number of hydrogen-bond donors (Lipinski definition) is 0. The smallest absolute Gasteiger partial charge is 0.185 e. The molecule has 0 heterocycles. The lowest BCUT2D eigenvalue weighted by atomic mass is 10.0. The van der Waals surface area contributed by atoms with Gasteiger partial charge in [-0.25, -0.2) is 17.2 Å². The van der Waals surface area contributed by atoms with Gasteiger partial charge in [-0.3, -0.25) is 0 Å². The van der Waals surface area contributed by atoms with E-state index in [0.29, 0.717) is 5.02 Å². The Balaban J connectivity index is 2.61. The molecule has 3 nitrogen and oxygen atoms in total. The van der Waals surface area contributed by atoms with Gasteiger partial charge in [0.2, 0.25) is 0 Å². The molecule has 0 saturated heterocycles. The Kier molecular flexibility index (Phi) is 5.96. The fraction of sp³-hybridized carbons (Fsp3) is 0.294. The Morgan fingerprint density at radius 3 is 2.33 bits per heavy atom. The van der Waals surface area contributed by atoms with Crippen molar-refractivity contribution in [3.8, 4) is 0 Å². The second-order valence-electron chi connectivity index (χ2n) is 5.52. The van der Waals surface area contributed by atoms with Crippen LogP contribution in [0.25, 0.3) is 0 Å². The summed E-state index contributed by atoms with van der Waals surface area (Å²) in [5.74, 6) is -2.07. The molecule has 0 fully saturated rings. The van der Waals surface area contributed by atoms with Crippen LogP contribution in [0.5, 0.6) is 0 Å². The fourth-order valence-electron chi connectivity index (χ4n) is 2.63. The van der Waals surface area contributed by atoms with Crippen LogP contribution in [-0.4, -0.2) is 22.1 Å². The zero-order valence-electron chi connectivity index (χ0n) is 13.2. The van der Waals surface area contributed by atoms with Crippen molar-refractivity contribution in [1.29, 1.82) is 0 Å². The first-order valence-corrected chi connectivity index (χ1v) is 9.13. The summed E-state index contributed by atoms with van der Waals surface area (Å²) in [5, 5.41) is -0.901. The first kappa shape index (κ1) is 18.8. The van der Waals surface area contributed by atoms with Gasteiger partial charge in [0.15, 0.2) is 9.84 Å². The van der Waals surface area contributed by atoms with Crippen molar-refractivity contribution in [2.45, 2.75) is 17.1 Å². The highest BCUT2D eigenvalue weighted by Gasteiger charge is 2.36. The van der Waals surface area contributed by atoms with Crippen molar-refractivity contribution in [3.05, 3.63) is 64.7 Å². The maximum absolute atomic E-state index is 14.2. The Bertz CT molecular complexity index is 807. The maximum Gasteiger partial charge on any atom is 0.185 e. The molecule has 0 radical (unpaired) electrons. The van der Waals surface area contributed by atoms with E-state index in [1.807, 2.05) is 0 Å². The van der Waals surface area contributed by atoms with Crippen LogP contribution in [0.4, 0.5) is 8.78 Å². The molecule has 2 aromatic carbocycles. The third kappa shape index (κ3) is 3.94. The lowest BCUT2D eigenvalue weighted by molar-refractivity contribution is 0.156. The molecule has 7 heteroatoms. The van der Waals surface area contributed by atoms with Crippen molar-refractivity contribution in [1.82, 2.24) is 0 Å². The fourth-order valence-corrected chi connectivity index (χ4v) is 4.77. The average Bonchev–Trinajstić information content (AvgIpc) is 2.51. The summed E-state index contributed by atoms with van der Waals surface area (Å²) in [4.78, 5) is -0.0106. The number of halogens is 3. The predicted octanol–water partition coefficient (Wildman–Crippen LogP) is 4.42. The van der Waals surface area contributed by atoms with Crippen molar-refractivity contribution in [3.63, 3.8) is 0 Å². The van der Waals surface area contributed by atoms with E-state index in [-0.39, 0.29) is 17.1 Å². The van der Waals surface area contributed by atoms with Gasteiger partial charge >= 0.3 is 0 Å². The molecule has 0 saturated carbocycles. The van der Waals surface area contributed by atoms with Gasteiger partial charge in [-0.1, -0.05) is 18.5 Å². The summed E-state index contributed by atoms with van der Waals surface area (Å²) in [7, 11) is -2.56. The van der Waals surface area contributed by atoms with E-state index in [4.69, 9.17) is 16.3 Å². The number of methoxy groups -OCH3 is 1. The minimum Gasteiger partial charge on any atom is -0.384 e. The molecular formula is C17H17ClF2O3S. The standard InChI is InChI=1S/C17H17ClF2O3S/c1-11(10-23-2)17(15-9-13(19)5-8-16(15)20)24(21,22)14-6-3-12(18)4-7-14/h3-9,11,17H,10H2,1-2H3. The molecule has 0 aliphatic carbocycles. The first-order chi connectivity index (χ1) is 11.3. The van der Waals surface area contributed by atoms with E-state index in [9.17, 15) is 17.2 Å². The molecule has 130 valence electrons. The molecule has 2 rings (SSSR count). The monoisotopic (exact) mass is 374 g/mol. The number of rotatable bonds is 6. The minimum atomic E-state index is -3.98. The summed E-state index contributed by atoms with van der Waals surface area (Å²) in [6.07, 6.45) is 0. The van der Waals surface area contributed by atoms with Gasteiger partial charge in [-0.15, -0.1) is 0 Å². The third-order valence-corrected chi connectivity index (χ3v) is 6.26. The third-order valence-electron chi connectivity index (χ3n) is 3.69. The molecule has 2 aromatic rings. The second-order valence-corrected chi connectivity index (χ2v) is 8.02. The van der Waals surface area contributed by atoms with Crippen molar-refractivity contribution >= 4 is 21.4 Å². The Hall–Kier alpha value is -1.50. The number of ether oxygens (including phenoxy) is 1. The second kappa shape index (κ2) is 7.59. The number of hydrogen-bond acceptors (Lipinski definition) is 3. The summed E-state index contributed by atoms with van der Waals surface area (Å²) >= 11 is 5.79. The Morgan fingerprint density at radius 2 is 1.75 bits per heavy atom. The number of benzene rings is 2. The van der Waals surface area contributed by atoms with Crippen LogP contribution in [-0.2, 0) is 14.6 Å². The summed E-state index contributed by atoms with van der Waals surface area (Å²) < 4.78 is 58.9. The van der Waals surface area contributed by atoms with Gasteiger partial charge < -0.3 is 4.74 Å². The van der Waals surface area contributed by atoms with E-state index in [0.717, 1.165) is 18.2 Å². The number of sulfone groups is 1. The van der Waals surface area contributed by atoms with Crippen LogP contribution in [0.2, 0.25) is 5.02 Å². The molecule has 0 N–H and O–H groups in total. The zero-order valence-corrected chi connectivity index (χ0v) is 14.7. The maximum atomic E-state index is 14.2. The van der Waals surface area contributed by atoms with Gasteiger partial charge in [0.1, 0.15) is 11.6 Å². The molecular weight excluding hydrogens is 358 g/mol. The highest BCUT2D eigenvalue weighted by atomic mass is 35.5. The lowest BCUT2D eigenvalue weighted by Crippen LogP contribution is -2.25. The van der Waals surface area contributed by atoms with Crippen LogP contribution in [0.15, 0.2) is 47.4 Å². The SMILES string of the molecule is COCC(C)C(c1cc(F)ccc1F)S(=O)(=O)c1ccc(Cl)cc1. The lowest BCUT2D eigenvalue weighted by Gasteiger charge is -2.24. The molecule has 24 heavy (non-hydrogen) atoms. The zero-order chi connectivity index (χ0) is 17.9. The van der Waals surface area contributed by atoms with Crippen molar-refractivity contribution < 1.29 is 21.9 Å². The van der Waals surface area contributed by atoms with E-state index in [2.05, 4.69) is 0 Å². The summed E-state index contributed by atoms with van der Waals surface area (Å²) in [6.45, 7) is 1.69. The molecule has 0 spiro atoms. The molecule has 0 bridgehead atoms. The van der Waals surface area contributed by atoms with Gasteiger partial charge in [-0.2, -0.15) is 0 Å². The molecule has 2 atom stereocenters. The van der Waals surface area contributed by atoms with Crippen molar-refractivity contribution in [2.75, 3.05) is 13.7 Å². The minimum absolute atomic E-state index is 0.0106. The predicted molar refractivity (Wildman–Crippen MR) is 88.8 cm³/mol. The van der Waals surface area contributed by atoms with E-state index < -0.39 is 32.6 Å². The highest BCUT2D eigenvalue weighted by molar-refractivity contribution is 7.91. The topological polar surface area (TPSA) is 43.4 Å². The van der Waals surface area contributed by atoms with Gasteiger partial charge in [0.05, 0.1) is 16.8 Å². The van der Waals surface area contributed by atoms with Crippen molar-refractivity contribution in [2.24, 2.45) is 5.92 Å². The van der Waals surface area contributed by atoms with E-state index in [1.54, 1.807) is 6.92 Å². The largest absolute Gasteiger partial charge is 0.384 e. The Labute approximate surface area is 145 Å². The van der Waals surface area contributed by atoms with Crippen LogP contribution in [0, 0.1) is 17.6 Å². The molecule has 0 amide bonds. The molecule has 2 unspecified atom stereocenters. The van der Waals surface area contributed by atoms with Crippen LogP contribution in [0.3, 0.4) is 0 Å². The Morgan fingerprint density at radius 1 is 1.12 bits per heavy atom. The van der Waals surface area contributed by atoms with Gasteiger partial charge in [-0.05, 0) is 42.5 Å². The highest BCUT2D eigenvalue weighted by Crippen LogP contribution is 2.37. The van der Waals surface area contributed by atoms with Gasteiger partial charge in [0, 0.05) is 23.6 Å². The van der Waals surface area contributed by atoms with Crippen LogP contribution >= 0.6 is 11.6 Å². The average molecular weight is 375 g/mol. The van der Waals surface area contributed by atoms with E-state index >= 15 is 0 Å². The molecule has 0 aliphatic heterocycles. The normalized spacial score (nSPS) is 14.4. The van der Waals surface area contributed by atoms with E-state index in [1.165, 1.54) is 31.4 Å². The first-order valence-electron chi connectivity index (χ1n) is 7.20.